The van der Waals surface area contributed by atoms with Crippen LogP contribution in [0.25, 0.3) is 11.1 Å². The summed E-state index contributed by atoms with van der Waals surface area (Å²) < 4.78 is 34.0. The molecule has 0 heterocycles. The van der Waals surface area contributed by atoms with Crippen LogP contribution in [0.3, 0.4) is 0 Å². The summed E-state index contributed by atoms with van der Waals surface area (Å²) in [5.41, 5.74) is 6.91. The van der Waals surface area contributed by atoms with Crippen molar-refractivity contribution in [1.29, 1.82) is 0 Å². The molecule has 0 saturated carbocycles. The number of amides is 3. The van der Waals surface area contributed by atoms with Crippen LogP contribution in [0.1, 0.15) is 36.7 Å². The van der Waals surface area contributed by atoms with Crippen LogP contribution in [0.5, 0.6) is 11.5 Å². The molecule has 0 aliphatic carbocycles. The molecular weight excluding hydrogens is 466 g/mol. The first-order valence-electron chi connectivity index (χ1n) is 10.5. The van der Waals surface area contributed by atoms with Crippen LogP contribution in [0.2, 0.25) is 0 Å². The molecule has 0 atom stereocenters. The first-order chi connectivity index (χ1) is 16.4. The largest absolute Gasteiger partial charge is 0.456 e. The lowest BCUT2D eigenvalue weighted by atomic mass is 10.0. The van der Waals surface area contributed by atoms with Gasteiger partial charge in [-0.15, -0.1) is 6.42 Å². The number of carbonyl (C=O) groups excluding carboxylic acids is 2. The minimum absolute atomic E-state index is 0.0127. The molecular formula is C26H25N3O5S. The Kier molecular flexibility index (Phi) is 7.17. The van der Waals surface area contributed by atoms with Gasteiger partial charge >= 0.3 is 6.03 Å². The Labute approximate surface area is 204 Å². The molecule has 0 aliphatic heterocycles. The molecule has 0 aromatic heterocycles. The van der Waals surface area contributed by atoms with E-state index in [1.807, 2.05) is 10.8 Å². The first kappa shape index (κ1) is 25.3. The molecule has 0 radical (unpaired) electrons. The molecule has 0 fully saturated rings. The monoisotopic (exact) mass is 491 g/mol. The van der Waals surface area contributed by atoms with Gasteiger partial charge in [0.1, 0.15) is 16.4 Å². The van der Waals surface area contributed by atoms with Gasteiger partial charge in [-0.25, -0.2) is 17.9 Å². The summed E-state index contributed by atoms with van der Waals surface area (Å²) in [6.45, 7) is 5.17. The maximum Gasteiger partial charge on any atom is 0.329 e. The van der Waals surface area contributed by atoms with Gasteiger partial charge in [0, 0.05) is 16.7 Å². The van der Waals surface area contributed by atoms with E-state index in [0.717, 1.165) is 11.1 Å². The highest BCUT2D eigenvalue weighted by molar-refractivity contribution is 7.90. The molecule has 35 heavy (non-hydrogen) atoms. The number of benzene rings is 3. The van der Waals surface area contributed by atoms with Crippen LogP contribution < -0.4 is 20.5 Å². The van der Waals surface area contributed by atoms with E-state index < -0.39 is 27.5 Å². The predicted octanol–water partition coefficient (Wildman–Crippen LogP) is 4.01. The zero-order chi connectivity index (χ0) is 25.8. The van der Waals surface area contributed by atoms with E-state index in [-0.39, 0.29) is 10.6 Å². The summed E-state index contributed by atoms with van der Waals surface area (Å²) in [5, 5.41) is 2.54. The number of sulfonamides is 1. The van der Waals surface area contributed by atoms with Crippen LogP contribution >= 0.6 is 0 Å². The number of urea groups is 1. The third-order valence-electron chi connectivity index (χ3n) is 4.68. The Balaban J connectivity index is 1.94. The number of hydrogen-bond acceptors (Lipinski definition) is 5. The molecule has 9 heteroatoms. The summed E-state index contributed by atoms with van der Waals surface area (Å²) >= 11 is 0. The van der Waals surface area contributed by atoms with Crippen LogP contribution in [0, 0.1) is 12.3 Å². The van der Waals surface area contributed by atoms with Gasteiger partial charge in [0.25, 0.3) is 10.0 Å². The fraction of sp³-hybridized carbons (Fsp3) is 0.154. The van der Waals surface area contributed by atoms with Crippen LogP contribution in [-0.2, 0) is 10.0 Å². The smallest absolute Gasteiger partial charge is 0.329 e. The van der Waals surface area contributed by atoms with E-state index in [9.17, 15) is 18.0 Å². The van der Waals surface area contributed by atoms with Crippen molar-refractivity contribution in [2.24, 2.45) is 5.73 Å². The number of carbonyl (C=O) groups is 2. The van der Waals surface area contributed by atoms with Gasteiger partial charge in [0.05, 0.1) is 0 Å². The Hall–Kier alpha value is -4.29. The summed E-state index contributed by atoms with van der Waals surface area (Å²) in [7, 11) is -4.32. The highest BCUT2D eigenvalue weighted by Crippen LogP contribution is 2.32. The number of nitrogens with two attached hydrogens (primary N) is 1. The molecule has 3 aromatic rings. The van der Waals surface area contributed by atoms with Crippen LogP contribution in [-0.4, -0.2) is 25.9 Å². The Morgan fingerprint density at radius 2 is 1.66 bits per heavy atom. The number of ether oxygens (including phenoxy) is 1. The minimum atomic E-state index is -4.32. The standard InChI is InChI=1S/C26H25N3O5S/c1-5-17-9-14-22(23(15-17)35(32,33)29-25(31)28-26(2,3)4)34-21-8-6-7-20(16-21)18-10-12-19(13-11-18)24(27)30/h1,6-16H,2-4H3,(H2,27,30)(H2,28,29,31). The SMILES string of the molecule is C#Cc1ccc(Oc2cccc(-c3ccc(C(N)=O)cc3)c2)c(S(=O)(=O)NC(=O)NC(C)(C)C)c1. The second-order valence-electron chi connectivity index (χ2n) is 8.69. The van der Waals surface area contributed by atoms with Crippen LogP contribution in [0.15, 0.2) is 71.6 Å². The lowest BCUT2D eigenvalue weighted by molar-refractivity contribution is 0.1000. The lowest BCUT2D eigenvalue weighted by Crippen LogP contribution is -2.48. The maximum absolute atomic E-state index is 13.0. The summed E-state index contributed by atoms with van der Waals surface area (Å²) in [5.74, 6) is 2.20. The Morgan fingerprint density at radius 3 is 2.26 bits per heavy atom. The van der Waals surface area contributed by atoms with Crippen molar-refractivity contribution in [2.45, 2.75) is 31.2 Å². The van der Waals surface area contributed by atoms with Crippen molar-refractivity contribution in [3.05, 3.63) is 77.9 Å². The third-order valence-corrected chi connectivity index (χ3v) is 6.03. The molecule has 180 valence electrons. The van der Waals surface area contributed by atoms with Crippen LogP contribution in [0.4, 0.5) is 4.79 Å². The van der Waals surface area contributed by atoms with Gasteiger partial charge in [-0.3, -0.25) is 4.79 Å². The molecule has 4 N–H and O–H groups in total. The normalized spacial score (nSPS) is 11.3. The Bertz CT molecular complexity index is 1420. The molecule has 3 amide bonds. The molecule has 8 nitrogen and oxygen atoms in total. The Morgan fingerprint density at radius 1 is 0.971 bits per heavy atom. The molecule has 0 bridgehead atoms. The molecule has 0 unspecified atom stereocenters. The third kappa shape index (κ3) is 6.62. The van der Waals surface area contributed by atoms with E-state index >= 15 is 0 Å². The second-order valence-corrected chi connectivity index (χ2v) is 10.3. The molecule has 0 saturated heterocycles. The average Bonchev–Trinajstić information content (AvgIpc) is 2.78. The highest BCUT2D eigenvalue weighted by atomic mass is 32.2. The number of nitrogens with one attached hydrogen (secondary N) is 2. The first-order valence-corrected chi connectivity index (χ1v) is 12.0. The van der Waals surface area contributed by atoms with Crippen molar-refractivity contribution >= 4 is 22.0 Å². The lowest BCUT2D eigenvalue weighted by Gasteiger charge is -2.21. The summed E-state index contributed by atoms with van der Waals surface area (Å²) in [6, 6.07) is 17.0. The van der Waals surface area contributed by atoms with E-state index in [1.165, 1.54) is 18.2 Å². The van der Waals surface area contributed by atoms with Crippen molar-refractivity contribution < 1.29 is 22.7 Å². The summed E-state index contributed by atoms with van der Waals surface area (Å²) in [6.07, 6.45) is 5.45. The van der Waals surface area contributed by atoms with E-state index in [2.05, 4.69) is 11.2 Å². The average molecular weight is 492 g/mol. The van der Waals surface area contributed by atoms with Gasteiger partial charge in [0.15, 0.2) is 0 Å². The highest BCUT2D eigenvalue weighted by Gasteiger charge is 2.25. The van der Waals surface area contributed by atoms with E-state index in [1.54, 1.807) is 63.2 Å². The van der Waals surface area contributed by atoms with E-state index in [0.29, 0.717) is 16.9 Å². The van der Waals surface area contributed by atoms with Gasteiger partial charge in [-0.1, -0.05) is 30.2 Å². The zero-order valence-corrected chi connectivity index (χ0v) is 20.3. The van der Waals surface area contributed by atoms with Gasteiger partial charge in [-0.2, -0.15) is 0 Å². The maximum atomic E-state index is 13.0. The van der Waals surface area contributed by atoms with Crippen molar-refractivity contribution in [1.82, 2.24) is 10.0 Å². The minimum Gasteiger partial charge on any atom is -0.456 e. The van der Waals surface area contributed by atoms with Crippen molar-refractivity contribution in [3.8, 4) is 35.0 Å². The summed E-state index contributed by atoms with van der Waals surface area (Å²) in [4.78, 5) is 23.3. The predicted molar refractivity (Wildman–Crippen MR) is 133 cm³/mol. The quantitative estimate of drug-likeness (QED) is 0.449. The zero-order valence-electron chi connectivity index (χ0n) is 19.5. The topological polar surface area (TPSA) is 128 Å². The molecule has 0 spiro atoms. The number of rotatable bonds is 6. The fourth-order valence-electron chi connectivity index (χ4n) is 3.13. The number of terminal acetylenes is 1. The number of primary amides is 1. The molecule has 3 rings (SSSR count). The van der Waals surface area contributed by atoms with Crippen molar-refractivity contribution in [2.75, 3.05) is 0 Å². The molecule has 3 aromatic carbocycles. The van der Waals surface area contributed by atoms with Gasteiger partial charge < -0.3 is 15.8 Å². The van der Waals surface area contributed by atoms with Gasteiger partial charge in [-0.05, 0) is 74.4 Å². The molecule has 0 aliphatic rings. The number of hydrogen-bond donors (Lipinski definition) is 3. The van der Waals surface area contributed by atoms with Gasteiger partial charge in [0.2, 0.25) is 5.91 Å². The van der Waals surface area contributed by atoms with E-state index in [4.69, 9.17) is 16.9 Å². The second kappa shape index (κ2) is 9.91. The fourth-order valence-corrected chi connectivity index (χ4v) is 4.19. The van der Waals surface area contributed by atoms with Crippen molar-refractivity contribution in [3.63, 3.8) is 0 Å².